The van der Waals surface area contributed by atoms with Crippen LogP contribution in [0.2, 0.25) is 0 Å². The number of nitrogens with one attached hydrogen (secondary N) is 1. The molecule has 106 valence electrons. The number of carbonyl (C=O) groups excluding carboxylic acids is 1. The van der Waals surface area contributed by atoms with Crippen LogP contribution in [-0.4, -0.2) is 18.6 Å². The first-order valence-electron chi connectivity index (χ1n) is 6.74. The molecule has 0 fully saturated rings. The van der Waals surface area contributed by atoms with Crippen molar-refractivity contribution < 1.29 is 13.9 Å². The summed E-state index contributed by atoms with van der Waals surface area (Å²) in [6.45, 7) is 6.40. The average molecular weight is 273 g/mol. The molecule has 0 bridgehead atoms. The van der Waals surface area contributed by atoms with E-state index < -0.39 is 0 Å². The van der Waals surface area contributed by atoms with E-state index in [1.807, 2.05) is 45.0 Å². The summed E-state index contributed by atoms with van der Waals surface area (Å²) < 4.78 is 11.0. The van der Waals surface area contributed by atoms with Crippen molar-refractivity contribution in [2.24, 2.45) is 0 Å². The number of amides is 1. The Balaban J connectivity index is 2.13. The lowest BCUT2D eigenvalue weighted by atomic mass is 10.2. The normalized spacial score (nSPS) is 10.6. The molecule has 1 aromatic carbocycles. The van der Waals surface area contributed by atoms with Gasteiger partial charge in [-0.3, -0.25) is 4.79 Å². The second-order valence-corrected chi connectivity index (χ2v) is 4.75. The summed E-state index contributed by atoms with van der Waals surface area (Å²) in [5.74, 6) is 1.61. The predicted octanol–water partition coefficient (Wildman–Crippen LogP) is 3.48. The molecule has 1 heterocycles. The van der Waals surface area contributed by atoms with E-state index in [0.29, 0.717) is 18.1 Å². The molecule has 0 saturated carbocycles. The largest absolute Gasteiger partial charge is 0.494 e. The van der Waals surface area contributed by atoms with Crippen LogP contribution in [0.15, 0.2) is 40.8 Å². The lowest BCUT2D eigenvalue weighted by molar-refractivity contribution is 0.0916. The third-order valence-electron chi connectivity index (χ3n) is 2.70. The van der Waals surface area contributed by atoms with E-state index in [0.717, 1.165) is 11.3 Å². The first-order chi connectivity index (χ1) is 9.60. The van der Waals surface area contributed by atoms with E-state index in [-0.39, 0.29) is 11.9 Å². The maximum Gasteiger partial charge on any atom is 0.287 e. The molecule has 1 N–H and O–H groups in total. The van der Waals surface area contributed by atoms with Gasteiger partial charge in [0.05, 0.1) is 6.61 Å². The van der Waals surface area contributed by atoms with E-state index >= 15 is 0 Å². The molecular formula is C16H19NO3. The van der Waals surface area contributed by atoms with Gasteiger partial charge >= 0.3 is 0 Å². The van der Waals surface area contributed by atoms with Crippen LogP contribution in [0.1, 0.15) is 31.3 Å². The van der Waals surface area contributed by atoms with Crippen LogP contribution in [0.25, 0.3) is 11.3 Å². The second kappa shape index (κ2) is 6.28. The summed E-state index contributed by atoms with van der Waals surface area (Å²) in [6, 6.07) is 11.2. The topological polar surface area (TPSA) is 51.5 Å². The van der Waals surface area contributed by atoms with Crippen molar-refractivity contribution in [3.8, 4) is 17.1 Å². The molecule has 1 amide bonds. The minimum absolute atomic E-state index is 0.0847. The molecule has 0 saturated heterocycles. The fraction of sp³-hybridized carbons (Fsp3) is 0.312. The van der Waals surface area contributed by atoms with Crippen LogP contribution in [0.5, 0.6) is 5.75 Å². The number of carbonyl (C=O) groups is 1. The van der Waals surface area contributed by atoms with Crippen LogP contribution in [0.3, 0.4) is 0 Å². The zero-order valence-electron chi connectivity index (χ0n) is 12.0. The summed E-state index contributed by atoms with van der Waals surface area (Å²) in [4.78, 5) is 11.8. The molecule has 4 nitrogen and oxygen atoms in total. The van der Waals surface area contributed by atoms with Gasteiger partial charge in [-0.1, -0.05) is 0 Å². The van der Waals surface area contributed by atoms with Gasteiger partial charge in [0.2, 0.25) is 0 Å². The Labute approximate surface area is 118 Å². The Hall–Kier alpha value is -2.23. The highest BCUT2D eigenvalue weighted by atomic mass is 16.5. The van der Waals surface area contributed by atoms with Crippen LogP contribution in [-0.2, 0) is 0 Å². The Bertz CT molecular complexity index is 570. The van der Waals surface area contributed by atoms with Gasteiger partial charge in [0.1, 0.15) is 11.5 Å². The number of rotatable bonds is 5. The molecular weight excluding hydrogens is 254 g/mol. The highest BCUT2D eigenvalue weighted by molar-refractivity contribution is 5.92. The van der Waals surface area contributed by atoms with Crippen LogP contribution < -0.4 is 10.1 Å². The zero-order valence-corrected chi connectivity index (χ0v) is 12.0. The minimum Gasteiger partial charge on any atom is -0.494 e. The molecule has 20 heavy (non-hydrogen) atoms. The van der Waals surface area contributed by atoms with Crippen LogP contribution in [0.4, 0.5) is 0 Å². The summed E-state index contributed by atoms with van der Waals surface area (Å²) in [6.07, 6.45) is 0. The smallest absolute Gasteiger partial charge is 0.287 e. The molecule has 1 aromatic heterocycles. The third kappa shape index (κ3) is 3.41. The van der Waals surface area contributed by atoms with Gasteiger partial charge in [-0.25, -0.2) is 0 Å². The predicted molar refractivity (Wildman–Crippen MR) is 77.9 cm³/mol. The molecule has 0 aliphatic carbocycles. The van der Waals surface area contributed by atoms with Gasteiger partial charge in [0.25, 0.3) is 5.91 Å². The standard InChI is InChI=1S/C16H19NO3/c1-4-19-13-7-5-12(6-8-13)14-9-10-15(20-14)16(18)17-11(2)3/h5-11H,4H2,1-3H3,(H,17,18). The quantitative estimate of drug-likeness (QED) is 0.907. The summed E-state index contributed by atoms with van der Waals surface area (Å²) >= 11 is 0. The fourth-order valence-corrected chi connectivity index (χ4v) is 1.83. The molecule has 4 heteroatoms. The van der Waals surface area contributed by atoms with Crippen molar-refractivity contribution >= 4 is 5.91 Å². The van der Waals surface area contributed by atoms with Crippen LogP contribution >= 0.6 is 0 Å². The Morgan fingerprint density at radius 2 is 1.90 bits per heavy atom. The van der Waals surface area contributed by atoms with Gasteiger partial charge in [-0.2, -0.15) is 0 Å². The third-order valence-corrected chi connectivity index (χ3v) is 2.70. The maximum absolute atomic E-state index is 11.8. The highest BCUT2D eigenvalue weighted by Gasteiger charge is 2.12. The van der Waals surface area contributed by atoms with Gasteiger partial charge in [-0.05, 0) is 57.2 Å². The highest BCUT2D eigenvalue weighted by Crippen LogP contribution is 2.24. The lowest BCUT2D eigenvalue weighted by Gasteiger charge is -2.05. The molecule has 0 radical (unpaired) electrons. The van der Waals surface area contributed by atoms with Gasteiger partial charge in [-0.15, -0.1) is 0 Å². The van der Waals surface area contributed by atoms with Crippen molar-refractivity contribution in [2.45, 2.75) is 26.8 Å². The maximum atomic E-state index is 11.8. The molecule has 0 unspecified atom stereocenters. The summed E-state index contributed by atoms with van der Waals surface area (Å²) in [5.41, 5.74) is 0.914. The van der Waals surface area contributed by atoms with Crippen molar-refractivity contribution in [1.29, 1.82) is 0 Å². The van der Waals surface area contributed by atoms with Gasteiger partial charge < -0.3 is 14.5 Å². The number of furan rings is 1. The fourth-order valence-electron chi connectivity index (χ4n) is 1.83. The zero-order chi connectivity index (χ0) is 14.5. The first-order valence-corrected chi connectivity index (χ1v) is 6.74. The van der Waals surface area contributed by atoms with Crippen molar-refractivity contribution in [2.75, 3.05) is 6.61 Å². The molecule has 2 rings (SSSR count). The number of hydrogen-bond acceptors (Lipinski definition) is 3. The molecule has 0 aliphatic rings. The van der Waals surface area contributed by atoms with E-state index in [1.165, 1.54) is 0 Å². The van der Waals surface area contributed by atoms with Gasteiger partial charge in [0.15, 0.2) is 5.76 Å². The first kappa shape index (κ1) is 14.2. The Morgan fingerprint density at radius 3 is 2.50 bits per heavy atom. The molecule has 0 spiro atoms. The number of hydrogen-bond donors (Lipinski definition) is 1. The van der Waals surface area contributed by atoms with E-state index in [9.17, 15) is 4.79 Å². The second-order valence-electron chi connectivity index (χ2n) is 4.75. The Kier molecular flexibility index (Phi) is 4.45. The van der Waals surface area contributed by atoms with E-state index in [1.54, 1.807) is 12.1 Å². The SMILES string of the molecule is CCOc1ccc(-c2ccc(C(=O)NC(C)C)o2)cc1. The monoisotopic (exact) mass is 273 g/mol. The number of benzene rings is 1. The van der Waals surface area contributed by atoms with Crippen molar-refractivity contribution in [1.82, 2.24) is 5.32 Å². The average Bonchev–Trinajstić information content (AvgIpc) is 2.89. The van der Waals surface area contributed by atoms with Gasteiger partial charge in [0, 0.05) is 11.6 Å². The summed E-state index contributed by atoms with van der Waals surface area (Å²) in [7, 11) is 0. The number of ether oxygens (including phenoxy) is 1. The Morgan fingerprint density at radius 1 is 1.20 bits per heavy atom. The van der Waals surface area contributed by atoms with Crippen molar-refractivity contribution in [3.63, 3.8) is 0 Å². The van der Waals surface area contributed by atoms with Crippen molar-refractivity contribution in [3.05, 3.63) is 42.2 Å². The minimum atomic E-state index is -0.197. The molecule has 0 aliphatic heterocycles. The molecule has 0 atom stereocenters. The van der Waals surface area contributed by atoms with E-state index in [4.69, 9.17) is 9.15 Å². The molecule has 2 aromatic rings. The van der Waals surface area contributed by atoms with E-state index in [2.05, 4.69) is 5.32 Å². The van der Waals surface area contributed by atoms with Crippen LogP contribution in [0, 0.1) is 0 Å². The summed E-state index contributed by atoms with van der Waals surface area (Å²) in [5, 5.41) is 2.80. The lowest BCUT2D eigenvalue weighted by Crippen LogP contribution is -2.29.